The van der Waals surface area contributed by atoms with Crippen LogP contribution >= 0.6 is 0 Å². The van der Waals surface area contributed by atoms with Crippen molar-refractivity contribution in [3.8, 4) is 12.3 Å². The zero-order valence-electron chi connectivity index (χ0n) is 18.5. The molecule has 1 fully saturated rings. The molecule has 0 aromatic carbocycles. The summed E-state index contributed by atoms with van der Waals surface area (Å²) < 4.78 is 3.33. The maximum Gasteiger partial charge on any atom is 0.252 e. The summed E-state index contributed by atoms with van der Waals surface area (Å²) in [4.78, 5) is 37.7. The van der Waals surface area contributed by atoms with Gasteiger partial charge >= 0.3 is 0 Å². The number of anilines is 2. The lowest BCUT2D eigenvalue weighted by atomic mass is 10.1. The van der Waals surface area contributed by atoms with Crippen LogP contribution in [0, 0.1) is 12.3 Å². The van der Waals surface area contributed by atoms with E-state index in [9.17, 15) is 9.59 Å². The first-order chi connectivity index (χ1) is 16.0. The quantitative estimate of drug-likeness (QED) is 0.427. The van der Waals surface area contributed by atoms with Crippen LogP contribution in [-0.4, -0.2) is 72.2 Å². The Morgan fingerprint density at radius 2 is 2.18 bits per heavy atom. The Kier molecular flexibility index (Phi) is 6.51. The van der Waals surface area contributed by atoms with E-state index in [1.165, 1.54) is 12.1 Å². The first kappa shape index (κ1) is 22.2. The molecule has 1 saturated heterocycles. The SMILES string of the molecule is C#CCC1CN(C(=O)C=C)CCN1CCn1c(=O)ccc2cnc(Nc3cnn(C)c3)nc21. The van der Waals surface area contributed by atoms with Crippen molar-refractivity contribution in [3.05, 3.63) is 53.7 Å². The molecule has 4 heterocycles. The number of fused-ring (bicyclic) bond motifs is 1. The molecule has 0 bridgehead atoms. The molecule has 10 nitrogen and oxygen atoms in total. The second kappa shape index (κ2) is 9.67. The highest BCUT2D eigenvalue weighted by atomic mass is 16.2. The number of carbonyl (C=O) groups is 1. The number of aromatic nitrogens is 5. The van der Waals surface area contributed by atoms with E-state index in [0.717, 1.165) is 11.1 Å². The fourth-order valence-corrected chi connectivity index (χ4v) is 4.04. The summed E-state index contributed by atoms with van der Waals surface area (Å²) in [6.45, 7) is 6.43. The minimum Gasteiger partial charge on any atom is -0.336 e. The van der Waals surface area contributed by atoms with Crippen molar-refractivity contribution in [1.29, 1.82) is 0 Å². The Labute approximate surface area is 191 Å². The number of nitrogens with zero attached hydrogens (tertiary/aromatic N) is 7. The van der Waals surface area contributed by atoms with Crippen LogP contribution in [0.25, 0.3) is 11.0 Å². The average Bonchev–Trinajstić information content (AvgIpc) is 3.23. The molecule has 0 spiro atoms. The van der Waals surface area contributed by atoms with E-state index >= 15 is 0 Å². The number of rotatable bonds is 7. The molecule has 0 aliphatic carbocycles. The number of nitrogens with one attached hydrogen (secondary N) is 1. The van der Waals surface area contributed by atoms with Gasteiger partial charge in [0.05, 0.1) is 11.9 Å². The van der Waals surface area contributed by atoms with Gasteiger partial charge in [0.15, 0.2) is 0 Å². The maximum atomic E-state index is 12.7. The Hall–Kier alpha value is -3.97. The number of pyridine rings is 1. The lowest BCUT2D eigenvalue weighted by Crippen LogP contribution is -2.55. The van der Waals surface area contributed by atoms with Crippen LogP contribution < -0.4 is 10.9 Å². The molecule has 0 saturated carbocycles. The van der Waals surface area contributed by atoms with Crippen LogP contribution in [0.2, 0.25) is 0 Å². The van der Waals surface area contributed by atoms with Gasteiger partial charge in [0.2, 0.25) is 11.9 Å². The molecule has 3 aromatic heterocycles. The summed E-state index contributed by atoms with van der Waals surface area (Å²) in [6.07, 6.45) is 12.6. The predicted molar refractivity (Wildman–Crippen MR) is 126 cm³/mol. The molecule has 1 atom stereocenters. The van der Waals surface area contributed by atoms with Gasteiger partial charge in [-0.1, -0.05) is 6.58 Å². The Bertz CT molecular complexity index is 1270. The number of aryl methyl sites for hydroxylation is 1. The molecule has 1 unspecified atom stereocenters. The molecule has 1 N–H and O–H groups in total. The second-order valence-electron chi connectivity index (χ2n) is 7.91. The third-order valence-corrected chi connectivity index (χ3v) is 5.74. The van der Waals surface area contributed by atoms with E-state index in [4.69, 9.17) is 6.42 Å². The lowest BCUT2D eigenvalue weighted by Gasteiger charge is -2.40. The molecule has 1 aliphatic heterocycles. The number of hydrogen-bond acceptors (Lipinski definition) is 7. The lowest BCUT2D eigenvalue weighted by molar-refractivity contribution is -0.128. The highest BCUT2D eigenvalue weighted by Gasteiger charge is 2.28. The molecular weight excluding hydrogens is 420 g/mol. The summed E-state index contributed by atoms with van der Waals surface area (Å²) in [5, 5.41) is 8.01. The summed E-state index contributed by atoms with van der Waals surface area (Å²) in [5.74, 6) is 3.00. The van der Waals surface area contributed by atoms with Crippen molar-refractivity contribution in [2.45, 2.75) is 19.0 Å². The van der Waals surface area contributed by atoms with E-state index in [2.05, 4.69) is 37.8 Å². The van der Waals surface area contributed by atoms with Gasteiger partial charge in [0.25, 0.3) is 5.56 Å². The average molecular weight is 447 g/mol. The summed E-state index contributed by atoms with van der Waals surface area (Å²) in [6, 6.07) is 3.28. The van der Waals surface area contributed by atoms with Crippen LogP contribution in [0.5, 0.6) is 0 Å². The zero-order valence-corrected chi connectivity index (χ0v) is 18.5. The monoisotopic (exact) mass is 446 g/mol. The number of amides is 1. The first-order valence-corrected chi connectivity index (χ1v) is 10.7. The molecular formula is C23H26N8O2. The smallest absolute Gasteiger partial charge is 0.252 e. The van der Waals surface area contributed by atoms with Crippen LogP contribution in [0.15, 0.2) is 48.2 Å². The largest absolute Gasteiger partial charge is 0.336 e. The van der Waals surface area contributed by atoms with E-state index in [1.807, 2.05) is 13.2 Å². The summed E-state index contributed by atoms with van der Waals surface area (Å²) >= 11 is 0. The molecule has 1 amide bonds. The number of hydrogen-bond donors (Lipinski definition) is 1. The Morgan fingerprint density at radius 3 is 2.91 bits per heavy atom. The zero-order chi connectivity index (χ0) is 23.4. The standard InChI is InChI=1S/C23H26N8O2/c1-4-6-19-16-30(20(32)5-2)10-9-29(19)11-12-31-21(33)8-7-17-13-24-23(27-22(17)31)26-18-14-25-28(3)15-18/h1,5,7-8,13-15,19H,2,6,9-12,16H2,3H3,(H,24,26,27). The molecule has 0 radical (unpaired) electrons. The third kappa shape index (κ3) is 4.94. The van der Waals surface area contributed by atoms with Crippen LogP contribution in [-0.2, 0) is 18.4 Å². The molecule has 10 heteroatoms. The maximum absolute atomic E-state index is 12.7. The topological polar surface area (TPSA) is 101 Å². The fraction of sp³-hybridized carbons (Fsp3) is 0.348. The van der Waals surface area contributed by atoms with Crippen molar-refractivity contribution < 1.29 is 4.79 Å². The van der Waals surface area contributed by atoms with Gasteiger partial charge in [-0.25, -0.2) is 4.98 Å². The Morgan fingerprint density at radius 1 is 1.33 bits per heavy atom. The minimum atomic E-state index is -0.137. The highest BCUT2D eigenvalue weighted by molar-refractivity contribution is 5.87. The normalized spacial score (nSPS) is 16.5. The van der Waals surface area contributed by atoms with Gasteiger partial charge in [0, 0.05) is 76.1 Å². The van der Waals surface area contributed by atoms with Gasteiger partial charge < -0.3 is 10.2 Å². The van der Waals surface area contributed by atoms with E-state index < -0.39 is 0 Å². The van der Waals surface area contributed by atoms with E-state index in [-0.39, 0.29) is 17.5 Å². The van der Waals surface area contributed by atoms with Crippen molar-refractivity contribution in [1.82, 2.24) is 34.1 Å². The van der Waals surface area contributed by atoms with Crippen molar-refractivity contribution in [2.24, 2.45) is 7.05 Å². The highest BCUT2D eigenvalue weighted by Crippen LogP contribution is 2.17. The van der Waals surface area contributed by atoms with Crippen molar-refractivity contribution in [3.63, 3.8) is 0 Å². The van der Waals surface area contributed by atoms with Gasteiger partial charge in [0.1, 0.15) is 5.65 Å². The van der Waals surface area contributed by atoms with Crippen LogP contribution in [0.1, 0.15) is 6.42 Å². The van der Waals surface area contributed by atoms with Crippen LogP contribution in [0.3, 0.4) is 0 Å². The molecule has 170 valence electrons. The summed E-state index contributed by atoms with van der Waals surface area (Å²) in [5.41, 5.74) is 1.17. The molecule has 33 heavy (non-hydrogen) atoms. The minimum absolute atomic E-state index is 0.0239. The third-order valence-electron chi connectivity index (χ3n) is 5.74. The predicted octanol–water partition coefficient (Wildman–Crippen LogP) is 0.991. The number of terminal acetylenes is 1. The summed E-state index contributed by atoms with van der Waals surface area (Å²) in [7, 11) is 1.82. The number of carbonyl (C=O) groups excluding carboxylic acids is 1. The van der Waals surface area contributed by atoms with Gasteiger partial charge in [-0.05, 0) is 12.1 Å². The van der Waals surface area contributed by atoms with E-state index in [1.54, 1.807) is 32.6 Å². The molecule has 4 rings (SSSR count). The first-order valence-electron chi connectivity index (χ1n) is 10.7. The molecule has 1 aliphatic rings. The van der Waals surface area contributed by atoms with Crippen LogP contribution in [0.4, 0.5) is 11.6 Å². The Balaban J connectivity index is 1.55. The fourth-order valence-electron chi connectivity index (χ4n) is 4.04. The van der Waals surface area contributed by atoms with E-state index in [0.29, 0.717) is 50.7 Å². The van der Waals surface area contributed by atoms with Gasteiger partial charge in [-0.15, -0.1) is 12.3 Å². The van der Waals surface area contributed by atoms with Crippen molar-refractivity contribution in [2.75, 3.05) is 31.5 Å². The van der Waals surface area contributed by atoms with Crippen molar-refractivity contribution >= 4 is 28.6 Å². The number of piperazine rings is 1. The van der Waals surface area contributed by atoms with Gasteiger partial charge in [-0.2, -0.15) is 10.1 Å². The second-order valence-corrected chi connectivity index (χ2v) is 7.91. The molecule has 3 aromatic rings. The van der Waals surface area contributed by atoms with Gasteiger partial charge in [-0.3, -0.25) is 23.7 Å².